The molecule has 1 fully saturated rings. The standard InChI is InChI=1S/C49H90O10/c1-3-5-7-9-11-13-15-17-19-20-21-22-24-25-27-29-31-33-35-37-44(51)56-40-42(41-57-49-48(55)47(54)46(53)43(39-50)59-49)58-45(52)38-36-34-32-30-28-26-23-18-16-14-12-10-8-6-4-2/h17,19,26,28,42-43,46-50,53-55H,3-16,18,20-25,27,29-41H2,1-2H3/b19-17+,28-26+/t42-,43-,46+,47?,48?,49-/m0/s1. The van der Waals surface area contributed by atoms with Crippen molar-refractivity contribution in [1.82, 2.24) is 0 Å². The van der Waals surface area contributed by atoms with Gasteiger partial charge in [-0.3, -0.25) is 9.59 Å². The molecular weight excluding hydrogens is 749 g/mol. The van der Waals surface area contributed by atoms with Crippen LogP contribution in [-0.4, -0.2) is 89.0 Å². The monoisotopic (exact) mass is 839 g/mol. The third-order valence-corrected chi connectivity index (χ3v) is 11.3. The first-order valence-electron chi connectivity index (χ1n) is 24.4. The molecule has 4 N–H and O–H groups in total. The van der Waals surface area contributed by atoms with Crippen molar-refractivity contribution in [3.63, 3.8) is 0 Å². The summed E-state index contributed by atoms with van der Waals surface area (Å²) >= 11 is 0. The Balaban J connectivity index is 2.29. The van der Waals surface area contributed by atoms with Gasteiger partial charge in [-0.15, -0.1) is 0 Å². The van der Waals surface area contributed by atoms with Crippen LogP contribution < -0.4 is 0 Å². The quantitative estimate of drug-likeness (QED) is 0.0266. The summed E-state index contributed by atoms with van der Waals surface area (Å²) < 4.78 is 22.2. The van der Waals surface area contributed by atoms with Crippen LogP contribution in [-0.2, 0) is 28.5 Å². The Morgan fingerprint density at radius 2 is 0.898 bits per heavy atom. The van der Waals surface area contributed by atoms with Crippen LogP contribution in [0.5, 0.6) is 0 Å². The number of ether oxygens (including phenoxy) is 4. The first-order chi connectivity index (χ1) is 28.8. The van der Waals surface area contributed by atoms with E-state index in [1.165, 1.54) is 135 Å². The molecule has 10 nitrogen and oxygen atoms in total. The van der Waals surface area contributed by atoms with E-state index in [-0.39, 0.29) is 32.0 Å². The molecule has 1 aliphatic heterocycles. The summed E-state index contributed by atoms with van der Waals surface area (Å²) in [5, 5.41) is 40.1. The number of rotatable bonds is 41. The number of aliphatic hydroxyl groups is 4. The van der Waals surface area contributed by atoms with E-state index in [1.807, 2.05) is 0 Å². The molecule has 1 heterocycles. The molecule has 0 saturated carbocycles. The molecule has 0 spiro atoms. The zero-order chi connectivity index (χ0) is 43.0. The second-order valence-electron chi connectivity index (χ2n) is 16.9. The molecular formula is C49H90O10. The van der Waals surface area contributed by atoms with Crippen LogP contribution >= 0.6 is 0 Å². The van der Waals surface area contributed by atoms with E-state index in [9.17, 15) is 30.0 Å². The number of unbranched alkanes of at least 4 members (excludes halogenated alkanes) is 26. The summed E-state index contributed by atoms with van der Waals surface area (Å²) in [5.74, 6) is -0.820. The van der Waals surface area contributed by atoms with Gasteiger partial charge in [-0.25, -0.2) is 0 Å². The Kier molecular flexibility index (Phi) is 37.7. The fourth-order valence-electron chi connectivity index (χ4n) is 7.41. The van der Waals surface area contributed by atoms with Gasteiger partial charge in [0.25, 0.3) is 0 Å². The third-order valence-electron chi connectivity index (χ3n) is 11.3. The average Bonchev–Trinajstić information content (AvgIpc) is 3.23. The van der Waals surface area contributed by atoms with Gasteiger partial charge in [-0.1, -0.05) is 167 Å². The van der Waals surface area contributed by atoms with Crippen LogP contribution in [0.2, 0.25) is 0 Å². The lowest BCUT2D eigenvalue weighted by Gasteiger charge is -2.39. The summed E-state index contributed by atoms with van der Waals surface area (Å²) in [6, 6.07) is 0. The second kappa shape index (κ2) is 40.3. The first-order valence-corrected chi connectivity index (χ1v) is 24.4. The lowest BCUT2D eigenvalue weighted by atomic mass is 9.99. The smallest absolute Gasteiger partial charge is 0.306 e. The highest BCUT2D eigenvalue weighted by Crippen LogP contribution is 2.23. The van der Waals surface area contributed by atoms with Crippen LogP contribution in [0, 0.1) is 0 Å². The highest BCUT2D eigenvalue weighted by Gasteiger charge is 2.44. The number of hydrogen-bond acceptors (Lipinski definition) is 10. The maximum atomic E-state index is 12.8. The van der Waals surface area contributed by atoms with Crippen molar-refractivity contribution in [2.75, 3.05) is 19.8 Å². The zero-order valence-electron chi connectivity index (χ0n) is 37.8. The molecule has 1 aliphatic rings. The zero-order valence-corrected chi connectivity index (χ0v) is 37.8. The molecule has 10 heteroatoms. The van der Waals surface area contributed by atoms with Crippen LogP contribution in [0.3, 0.4) is 0 Å². The maximum Gasteiger partial charge on any atom is 0.306 e. The molecule has 0 aromatic carbocycles. The molecule has 0 aromatic heterocycles. The van der Waals surface area contributed by atoms with Crippen molar-refractivity contribution >= 4 is 11.9 Å². The van der Waals surface area contributed by atoms with E-state index in [0.717, 1.165) is 51.4 Å². The van der Waals surface area contributed by atoms with E-state index < -0.39 is 49.4 Å². The molecule has 6 atom stereocenters. The van der Waals surface area contributed by atoms with E-state index >= 15 is 0 Å². The van der Waals surface area contributed by atoms with Gasteiger partial charge in [-0.2, -0.15) is 0 Å². The van der Waals surface area contributed by atoms with Gasteiger partial charge < -0.3 is 39.4 Å². The predicted molar refractivity (Wildman–Crippen MR) is 238 cm³/mol. The van der Waals surface area contributed by atoms with Gasteiger partial charge in [0.05, 0.1) is 13.2 Å². The molecule has 59 heavy (non-hydrogen) atoms. The number of hydrogen-bond donors (Lipinski definition) is 4. The van der Waals surface area contributed by atoms with Crippen molar-refractivity contribution in [2.24, 2.45) is 0 Å². The predicted octanol–water partition coefficient (Wildman–Crippen LogP) is 10.9. The summed E-state index contributed by atoms with van der Waals surface area (Å²) in [6.07, 6.45) is 37.5. The molecule has 1 rings (SSSR count). The summed E-state index contributed by atoms with van der Waals surface area (Å²) in [4.78, 5) is 25.4. The number of aliphatic hydroxyl groups excluding tert-OH is 4. The fraction of sp³-hybridized carbons (Fsp3) is 0.878. The normalized spacial score (nSPS) is 20.1. The lowest BCUT2D eigenvalue weighted by Crippen LogP contribution is -2.59. The minimum atomic E-state index is -1.60. The van der Waals surface area contributed by atoms with E-state index in [1.54, 1.807) is 0 Å². The number of esters is 2. The molecule has 2 unspecified atom stereocenters. The third kappa shape index (κ3) is 31.7. The maximum absolute atomic E-state index is 12.8. The highest BCUT2D eigenvalue weighted by atomic mass is 16.7. The average molecular weight is 839 g/mol. The minimum Gasteiger partial charge on any atom is -0.462 e. The molecule has 0 aromatic rings. The van der Waals surface area contributed by atoms with Crippen LogP contribution in [0.4, 0.5) is 0 Å². The van der Waals surface area contributed by atoms with E-state index in [0.29, 0.717) is 6.42 Å². The molecule has 346 valence electrons. The van der Waals surface area contributed by atoms with Gasteiger partial charge >= 0.3 is 11.9 Å². The van der Waals surface area contributed by atoms with Crippen molar-refractivity contribution in [2.45, 2.75) is 256 Å². The Hall–Kier alpha value is -1.82. The summed E-state index contributed by atoms with van der Waals surface area (Å²) in [7, 11) is 0. The van der Waals surface area contributed by atoms with E-state index in [2.05, 4.69) is 38.2 Å². The van der Waals surface area contributed by atoms with Crippen molar-refractivity contribution in [1.29, 1.82) is 0 Å². The highest BCUT2D eigenvalue weighted by molar-refractivity contribution is 5.70. The summed E-state index contributed by atoms with van der Waals surface area (Å²) in [5.41, 5.74) is 0. The minimum absolute atomic E-state index is 0.211. The van der Waals surface area contributed by atoms with Crippen LogP contribution in [0.1, 0.15) is 219 Å². The number of carbonyl (C=O) groups excluding carboxylic acids is 2. The van der Waals surface area contributed by atoms with Gasteiger partial charge in [0.15, 0.2) is 12.4 Å². The Morgan fingerprint density at radius 1 is 0.508 bits per heavy atom. The number of carbonyl (C=O) groups is 2. The van der Waals surface area contributed by atoms with Gasteiger partial charge in [0.1, 0.15) is 31.0 Å². The van der Waals surface area contributed by atoms with Gasteiger partial charge in [-0.05, 0) is 64.2 Å². The molecule has 0 amide bonds. The fourth-order valence-corrected chi connectivity index (χ4v) is 7.41. The van der Waals surface area contributed by atoms with Crippen molar-refractivity contribution in [3.8, 4) is 0 Å². The SMILES string of the molecule is CCCCCCCC/C=C/CCCCCCCCCCCC(=O)OC[C@@H](CO[C@H]1O[C@@H](CO)[C@@H](O)C(O)C1O)OC(=O)CCCCC/C=C/CCCCCCCCCC. The van der Waals surface area contributed by atoms with Crippen molar-refractivity contribution < 1.29 is 49.0 Å². The van der Waals surface area contributed by atoms with E-state index in [4.69, 9.17) is 18.9 Å². The summed E-state index contributed by atoms with van der Waals surface area (Å²) in [6.45, 7) is 3.42. The lowest BCUT2D eigenvalue weighted by molar-refractivity contribution is -0.305. The Morgan fingerprint density at radius 3 is 1.34 bits per heavy atom. The van der Waals surface area contributed by atoms with Crippen LogP contribution in [0.25, 0.3) is 0 Å². The largest absolute Gasteiger partial charge is 0.462 e. The Labute approximate surface area is 360 Å². The topological polar surface area (TPSA) is 152 Å². The van der Waals surface area contributed by atoms with Crippen LogP contribution in [0.15, 0.2) is 24.3 Å². The molecule has 0 aliphatic carbocycles. The molecule has 0 bridgehead atoms. The molecule has 0 radical (unpaired) electrons. The number of allylic oxidation sites excluding steroid dienone is 4. The van der Waals surface area contributed by atoms with Gasteiger partial charge in [0, 0.05) is 12.8 Å². The van der Waals surface area contributed by atoms with Crippen molar-refractivity contribution in [3.05, 3.63) is 24.3 Å². The molecule has 1 saturated heterocycles. The second-order valence-corrected chi connectivity index (χ2v) is 16.9. The Bertz CT molecular complexity index is 1020. The van der Waals surface area contributed by atoms with Gasteiger partial charge in [0.2, 0.25) is 0 Å². The first kappa shape index (κ1) is 55.2.